The maximum absolute atomic E-state index is 6.41. The first-order valence-electron chi connectivity index (χ1n) is 9.27. The van der Waals surface area contributed by atoms with Crippen molar-refractivity contribution in [1.29, 1.82) is 0 Å². The van der Waals surface area contributed by atoms with Crippen LogP contribution in [0.4, 0.5) is 0 Å². The van der Waals surface area contributed by atoms with Crippen LogP contribution in [-0.2, 0) is 8.85 Å². The van der Waals surface area contributed by atoms with E-state index in [2.05, 4.69) is 12.7 Å². The van der Waals surface area contributed by atoms with E-state index in [1.165, 1.54) is 90.1 Å². The van der Waals surface area contributed by atoms with E-state index in [0.29, 0.717) is 12.2 Å². The molecular formula is C17H37NO2Si. The topological polar surface area (TPSA) is 44.5 Å². The Morgan fingerprint density at radius 3 is 1.62 bits per heavy atom. The first kappa shape index (κ1) is 19.1. The van der Waals surface area contributed by atoms with Crippen LogP contribution in [-0.4, -0.2) is 28.5 Å². The zero-order valence-corrected chi connectivity index (χ0v) is 15.5. The Bertz CT molecular complexity index is 209. The lowest BCUT2D eigenvalue weighted by Gasteiger charge is -2.31. The third kappa shape index (κ3) is 8.34. The van der Waals surface area contributed by atoms with E-state index in [-0.39, 0.29) is 0 Å². The van der Waals surface area contributed by atoms with Crippen LogP contribution in [0.3, 0.4) is 0 Å². The minimum Gasteiger partial charge on any atom is -0.393 e. The highest BCUT2D eigenvalue weighted by Gasteiger charge is 2.25. The van der Waals surface area contributed by atoms with E-state index in [0.717, 1.165) is 0 Å². The Morgan fingerprint density at radius 2 is 1.24 bits per heavy atom. The largest absolute Gasteiger partial charge is 0.393 e. The molecule has 2 saturated carbocycles. The van der Waals surface area contributed by atoms with Crippen molar-refractivity contribution in [3.8, 4) is 0 Å². The van der Waals surface area contributed by atoms with Gasteiger partial charge >= 0.3 is 9.28 Å². The fourth-order valence-corrected chi connectivity index (χ4v) is 5.85. The summed E-state index contributed by atoms with van der Waals surface area (Å²) < 4.78 is 12.8. The Kier molecular flexibility index (Phi) is 11.5. The van der Waals surface area contributed by atoms with Crippen molar-refractivity contribution >= 4 is 9.28 Å². The lowest BCUT2D eigenvalue weighted by atomic mass is 9.98. The summed E-state index contributed by atoms with van der Waals surface area (Å²) in [5, 5.41) is 0. The van der Waals surface area contributed by atoms with E-state index in [1.807, 2.05) is 0 Å². The molecule has 0 aromatic rings. The van der Waals surface area contributed by atoms with Gasteiger partial charge in [0.05, 0.1) is 0 Å². The molecule has 0 spiro atoms. The zero-order valence-electron chi connectivity index (χ0n) is 14.3. The van der Waals surface area contributed by atoms with Gasteiger partial charge in [0.15, 0.2) is 0 Å². The Labute approximate surface area is 133 Å². The van der Waals surface area contributed by atoms with Gasteiger partial charge in [0, 0.05) is 12.2 Å². The molecule has 21 heavy (non-hydrogen) atoms. The highest BCUT2D eigenvalue weighted by molar-refractivity contribution is 6.44. The summed E-state index contributed by atoms with van der Waals surface area (Å²) in [6.45, 7) is 2.27. The van der Waals surface area contributed by atoms with Crippen molar-refractivity contribution in [2.45, 2.75) is 102 Å². The molecule has 3 nitrogen and oxygen atoms in total. The molecule has 0 saturated heterocycles. The van der Waals surface area contributed by atoms with E-state index in [9.17, 15) is 0 Å². The monoisotopic (exact) mass is 315 g/mol. The zero-order chi connectivity index (χ0) is 15.3. The fourth-order valence-electron chi connectivity index (χ4n) is 3.37. The highest BCUT2D eigenvalue weighted by atomic mass is 28.3. The fraction of sp³-hybridized carbons (Fsp3) is 1.00. The molecule has 0 atom stereocenters. The second-order valence-corrected chi connectivity index (χ2v) is 8.34. The van der Waals surface area contributed by atoms with Crippen molar-refractivity contribution in [3.05, 3.63) is 0 Å². The lowest BCUT2D eigenvalue weighted by Crippen LogP contribution is -2.34. The smallest absolute Gasteiger partial charge is 0.321 e. The predicted molar refractivity (Wildman–Crippen MR) is 92.9 cm³/mol. The van der Waals surface area contributed by atoms with Crippen molar-refractivity contribution in [2.75, 3.05) is 7.05 Å². The van der Waals surface area contributed by atoms with Crippen molar-refractivity contribution in [3.63, 3.8) is 0 Å². The molecule has 2 aliphatic rings. The number of hydrogen-bond donors (Lipinski definition) is 1. The second kappa shape index (κ2) is 12.6. The number of rotatable bonds is 7. The molecule has 0 aromatic carbocycles. The van der Waals surface area contributed by atoms with Crippen molar-refractivity contribution < 1.29 is 8.85 Å². The van der Waals surface area contributed by atoms with E-state index in [1.54, 1.807) is 0 Å². The summed E-state index contributed by atoms with van der Waals surface area (Å²) in [6, 6.07) is 1.23. The van der Waals surface area contributed by atoms with Gasteiger partial charge in [-0.15, -0.1) is 0 Å². The van der Waals surface area contributed by atoms with Crippen LogP contribution in [0.15, 0.2) is 0 Å². The van der Waals surface area contributed by atoms with Gasteiger partial charge in [-0.05, 0) is 38.8 Å². The molecule has 0 bridgehead atoms. The summed E-state index contributed by atoms with van der Waals surface area (Å²) in [5.41, 5.74) is 4.50. The van der Waals surface area contributed by atoms with Crippen LogP contribution in [0.2, 0.25) is 6.04 Å². The third-order valence-corrected chi connectivity index (χ3v) is 6.84. The van der Waals surface area contributed by atoms with E-state index in [4.69, 9.17) is 8.85 Å². The summed E-state index contributed by atoms with van der Waals surface area (Å²) >= 11 is 0. The maximum Gasteiger partial charge on any atom is 0.321 e. The number of nitrogens with two attached hydrogens (primary N) is 1. The predicted octanol–water partition coefficient (Wildman–Crippen LogP) is 4.28. The molecule has 0 aromatic heterocycles. The highest BCUT2D eigenvalue weighted by Crippen LogP contribution is 2.25. The van der Waals surface area contributed by atoms with Gasteiger partial charge in [-0.2, -0.15) is 0 Å². The molecular weight excluding hydrogens is 278 g/mol. The molecule has 0 amide bonds. The average Bonchev–Trinajstić information content (AvgIpc) is 2.56. The summed E-state index contributed by atoms with van der Waals surface area (Å²) in [4.78, 5) is 0. The first-order chi connectivity index (χ1) is 10.4. The molecule has 0 aliphatic heterocycles. The molecule has 0 unspecified atom stereocenters. The first-order valence-corrected chi connectivity index (χ1v) is 11.0. The van der Waals surface area contributed by atoms with E-state index < -0.39 is 9.28 Å². The minimum absolute atomic E-state index is 0.533. The maximum atomic E-state index is 6.41. The van der Waals surface area contributed by atoms with E-state index >= 15 is 0 Å². The summed E-state index contributed by atoms with van der Waals surface area (Å²) in [7, 11) is 0.102. The molecule has 126 valence electrons. The summed E-state index contributed by atoms with van der Waals surface area (Å²) in [6.07, 6.45) is 17.0. The van der Waals surface area contributed by atoms with Gasteiger partial charge in [0.1, 0.15) is 0 Å². The Morgan fingerprint density at radius 1 is 0.810 bits per heavy atom. The van der Waals surface area contributed by atoms with Crippen molar-refractivity contribution in [2.24, 2.45) is 5.73 Å². The molecule has 0 heterocycles. The van der Waals surface area contributed by atoms with Crippen LogP contribution in [0, 0.1) is 0 Å². The van der Waals surface area contributed by atoms with Crippen molar-refractivity contribution in [1.82, 2.24) is 0 Å². The van der Waals surface area contributed by atoms with Gasteiger partial charge in [0.25, 0.3) is 0 Å². The standard InChI is InChI=1S/C16H32O2Si.CH5N/c1-2-3-14-19(17-15-10-6-4-7-11-15)18-16-12-8-5-9-13-16;1-2/h15-16,19H,2-14H2,1H3;2H2,1H3. The molecule has 2 fully saturated rings. The third-order valence-electron chi connectivity index (χ3n) is 4.59. The molecule has 2 aliphatic carbocycles. The normalized spacial score (nSPS) is 21.1. The molecule has 0 radical (unpaired) electrons. The van der Waals surface area contributed by atoms with Crippen LogP contribution in [0.1, 0.15) is 84.0 Å². The average molecular weight is 316 g/mol. The molecule has 2 rings (SSSR count). The molecule has 2 N–H and O–H groups in total. The van der Waals surface area contributed by atoms with Gasteiger partial charge in [-0.1, -0.05) is 58.3 Å². The SMILES string of the molecule is CCCC[SiH](OC1CCCCC1)OC1CCCCC1.CN. The van der Waals surface area contributed by atoms with Crippen LogP contribution in [0.5, 0.6) is 0 Å². The van der Waals surface area contributed by atoms with Crippen LogP contribution in [0.25, 0.3) is 0 Å². The summed E-state index contributed by atoms with van der Waals surface area (Å²) in [5.74, 6) is 0. The van der Waals surface area contributed by atoms with Gasteiger partial charge in [-0.25, -0.2) is 0 Å². The van der Waals surface area contributed by atoms with Gasteiger partial charge in [-0.3, -0.25) is 0 Å². The number of unbranched alkanes of at least 4 members (excludes halogenated alkanes) is 1. The quantitative estimate of drug-likeness (QED) is 0.713. The minimum atomic E-state index is -1.40. The van der Waals surface area contributed by atoms with Crippen LogP contribution < -0.4 is 5.73 Å². The Hall–Kier alpha value is 0.0969. The van der Waals surface area contributed by atoms with Gasteiger partial charge < -0.3 is 14.6 Å². The Balaban J connectivity index is 0.00000106. The van der Waals surface area contributed by atoms with Gasteiger partial charge in [0.2, 0.25) is 0 Å². The number of hydrogen-bond acceptors (Lipinski definition) is 3. The molecule has 4 heteroatoms. The van der Waals surface area contributed by atoms with Crippen LogP contribution >= 0.6 is 0 Å². The second-order valence-electron chi connectivity index (χ2n) is 6.36. The lowest BCUT2D eigenvalue weighted by molar-refractivity contribution is 0.0655.